The fourth-order valence-corrected chi connectivity index (χ4v) is 13.1. The van der Waals surface area contributed by atoms with Crippen molar-refractivity contribution in [1.29, 1.82) is 0 Å². The minimum atomic E-state index is -0.462. The Morgan fingerprint density at radius 1 is 0.825 bits per heavy atom. The average molecular weight is 796 g/mol. The van der Waals surface area contributed by atoms with E-state index in [1.807, 2.05) is 27.8 Å². The third-order valence-corrected chi connectivity index (χ3v) is 17.1. The van der Waals surface area contributed by atoms with Crippen molar-refractivity contribution in [2.75, 3.05) is 27.2 Å². The van der Waals surface area contributed by atoms with Gasteiger partial charge in [-0.15, -0.1) is 0 Å². The van der Waals surface area contributed by atoms with Crippen LogP contribution >= 0.6 is 0 Å². The molecule has 0 aromatic carbocycles. The minimum absolute atomic E-state index is 0. The summed E-state index contributed by atoms with van der Waals surface area (Å²) in [4.78, 5) is 55.8. The lowest BCUT2D eigenvalue weighted by Gasteiger charge is -2.67. The highest BCUT2D eigenvalue weighted by Gasteiger charge is 2.64. The molecule has 3 N–H and O–H groups in total. The van der Waals surface area contributed by atoms with Gasteiger partial charge in [-0.3, -0.25) is 4.79 Å². The molecule has 0 amide bonds. The van der Waals surface area contributed by atoms with Crippen LogP contribution < -0.4 is 16.0 Å². The summed E-state index contributed by atoms with van der Waals surface area (Å²) in [6.45, 7) is 22.5. The molecule has 6 fully saturated rings. The van der Waals surface area contributed by atoms with Crippen molar-refractivity contribution in [3.8, 4) is 0 Å². The summed E-state index contributed by atoms with van der Waals surface area (Å²) in [5.41, 5.74) is 2.39. The van der Waals surface area contributed by atoms with E-state index < -0.39 is 5.41 Å². The Morgan fingerprint density at radius 3 is 1.86 bits per heavy atom. The van der Waals surface area contributed by atoms with E-state index in [9.17, 15) is 24.0 Å². The highest BCUT2D eigenvalue weighted by Crippen LogP contribution is 2.71. The lowest BCUT2D eigenvalue weighted by atomic mass is 9.37. The van der Waals surface area contributed by atoms with Crippen molar-refractivity contribution in [3.05, 3.63) is 11.1 Å². The van der Waals surface area contributed by atoms with E-state index in [-0.39, 0.29) is 36.5 Å². The molecular formula is C49H85N3O5. The number of fused-ring (bicyclic) bond motifs is 7. The molecular weight excluding hydrogens is 711 g/mol. The van der Waals surface area contributed by atoms with Crippen LogP contribution in [0.4, 0.5) is 0 Å². The van der Waals surface area contributed by atoms with Crippen molar-refractivity contribution in [1.82, 2.24) is 16.0 Å². The van der Waals surface area contributed by atoms with Gasteiger partial charge in [-0.2, -0.15) is 0 Å². The first kappa shape index (κ1) is 49.3. The van der Waals surface area contributed by atoms with Crippen molar-refractivity contribution in [2.45, 2.75) is 165 Å². The summed E-state index contributed by atoms with van der Waals surface area (Å²) < 4.78 is 0. The largest absolute Gasteiger partial charge is 0.317 e. The van der Waals surface area contributed by atoms with Gasteiger partial charge < -0.3 is 35.1 Å². The third kappa shape index (κ3) is 9.96. The highest BCUT2D eigenvalue weighted by molar-refractivity contribution is 6.03. The molecule has 0 aromatic rings. The SMILES string of the molecule is C.CC1C(C=O)CC1C=O.CCC1CCC2(C)C(CCC3(C)C4CCC5(C=O)CC(=O)C(C(C)C)=C5C4CCC32)C1C.CNC(C)(C)C=O.CNC1CCNCC1. The van der Waals surface area contributed by atoms with Crippen LogP contribution in [0, 0.1) is 75.4 Å². The number of aldehydes is 4. The van der Waals surface area contributed by atoms with Crippen LogP contribution in [0.5, 0.6) is 0 Å². The minimum Gasteiger partial charge on any atom is -0.317 e. The van der Waals surface area contributed by atoms with Crippen LogP contribution in [-0.4, -0.2) is 69.7 Å². The van der Waals surface area contributed by atoms with Gasteiger partial charge in [0.25, 0.3) is 0 Å². The quantitative estimate of drug-likeness (QED) is 0.209. The van der Waals surface area contributed by atoms with E-state index >= 15 is 0 Å². The summed E-state index contributed by atoms with van der Waals surface area (Å²) in [5, 5.41) is 9.40. The van der Waals surface area contributed by atoms with Crippen molar-refractivity contribution in [2.24, 2.45) is 75.4 Å². The van der Waals surface area contributed by atoms with E-state index in [0.717, 1.165) is 73.4 Å². The van der Waals surface area contributed by atoms with Gasteiger partial charge in [-0.25, -0.2) is 0 Å². The number of nitrogens with one attached hydrogen (secondary N) is 3. The smallest absolute Gasteiger partial charge is 0.160 e. The van der Waals surface area contributed by atoms with E-state index in [1.165, 1.54) is 82.7 Å². The van der Waals surface area contributed by atoms with E-state index in [4.69, 9.17) is 0 Å². The predicted molar refractivity (Wildman–Crippen MR) is 234 cm³/mol. The second-order valence-electron chi connectivity index (χ2n) is 20.6. The lowest BCUT2D eigenvalue weighted by molar-refractivity contribution is -0.170. The number of allylic oxidation sites excluding steroid dienone is 2. The molecule has 326 valence electrons. The Morgan fingerprint density at radius 2 is 1.40 bits per heavy atom. The summed E-state index contributed by atoms with van der Waals surface area (Å²) in [6.07, 6.45) is 19.2. The first-order valence-electron chi connectivity index (χ1n) is 22.7. The van der Waals surface area contributed by atoms with Gasteiger partial charge >= 0.3 is 0 Å². The van der Waals surface area contributed by atoms with Gasteiger partial charge in [0, 0.05) is 24.3 Å². The van der Waals surface area contributed by atoms with Crippen LogP contribution in [0.2, 0.25) is 0 Å². The number of likely N-dealkylation sites (N-methyl/N-ethyl adjacent to an activating group) is 1. The molecule has 5 saturated carbocycles. The molecule has 7 rings (SSSR count). The average Bonchev–Trinajstić information content (AvgIpc) is 3.51. The Bertz CT molecular complexity index is 1390. The second kappa shape index (κ2) is 20.5. The highest BCUT2D eigenvalue weighted by atomic mass is 16.1. The van der Waals surface area contributed by atoms with Gasteiger partial charge in [0.2, 0.25) is 0 Å². The summed E-state index contributed by atoms with van der Waals surface area (Å²) >= 11 is 0. The lowest BCUT2D eigenvalue weighted by Crippen LogP contribution is -2.60. The fraction of sp³-hybridized carbons (Fsp3) is 0.857. The van der Waals surface area contributed by atoms with Gasteiger partial charge in [0.1, 0.15) is 25.1 Å². The molecule has 8 heteroatoms. The molecule has 1 heterocycles. The first-order chi connectivity index (χ1) is 26.5. The molecule has 11 unspecified atom stereocenters. The van der Waals surface area contributed by atoms with E-state index in [0.29, 0.717) is 35.0 Å². The van der Waals surface area contributed by atoms with Crippen molar-refractivity contribution < 1.29 is 24.0 Å². The molecule has 57 heavy (non-hydrogen) atoms. The maximum absolute atomic E-state index is 13.1. The molecule has 7 aliphatic rings. The first-order valence-corrected chi connectivity index (χ1v) is 22.7. The van der Waals surface area contributed by atoms with Crippen LogP contribution in [0.1, 0.15) is 153 Å². The van der Waals surface area contributed by atoms with Gasteiger partial charge in [-0.05, 0) is 181 Å². The number of rotatable bonds is 8. The molecule has 0 radical (unpaired) electrons. The zero-order chi connectivity index (χ0) is 41.6. The summed E-state index contributed by atoms with van der Waals surface area (Å²) in [6, 6.07) is 0.774. The molecule has 6 aliphatic carbocycles. The van der Waals surface area contributed by atoms with Gasteiger partial charge in [0.15, 0.2) is 5.78 Å². The fourth-order valence-electron chi connectivity index (χ4n) is 13.1. The standard InChI is InChI=1S/C30H46O2.C7H10O2.C6H14N2.C5H11NO.CH4/c1-7-20-10-13-28(5)22(19(20)4)11-14-29(6)23-12-15-30(17-31)16-24(32)26(18(2)3)27(30)21(23)8-9-25(28)29;1-5-6(3-8)2-7(5)4-9;1-7-6-2-4-8-5-3-6;1-5(2,4-7)6-3;/h17-23,25H,7-16H2,1-6H3;3-7H,2H2,1H3;6-8H,2-5H2,1H3;4,6H,1-3H3;1H4. The predicted octanol–water partition coefficient (Wildman–Crippen LogP) is 8.85. The van der Waals surface area contributed by atoms with Crippen LogP contribution in [0.3, 0.4) is 0 Å². The maximum Gasteiger partial charge on any atom is 0.160 e. The third-order valence-electron chi connectivity index (χ3n) is 17.1. The number of carbonyl (C=O) groups is 5. The monoisotopic (exact) mass is 796 g/mol. The number of ketones is 1. The Hall–Kier alpha value is -2.03. The van der Waals surface area contributed by atoms with E-state index in [1.54, 1.807) is 7.05 Å². The topological polar surface area (TPSA) is 121 Å². The van der Waals surface area contributed by atoms with Crippen LogP contribution in [0.25, 0.3) is 0 Å². The van der Waals surface area contributed by atoms with E-state index in [2.05, 4.69) is 57.5 Å². The second-order valence-corrected chi connectivity index (χ2v) is 20.6. The Kier molecular flexibility index (Phi) is 17.7. The molecule has 8 nitrogen and oxygen atoms in total. The van der Waals surface area contributed by atoms with Crippen molar-refractivity contribution in [3.63, 3.8) is 0 Å². The zero-order valence-corrected chi connectivity index (χ0v) is 37.3. The number of carbonyl (C=O) groups excluding carboxylic acids is 5. The number of hydrogen-bond donors (Lipinski definition) is 3. The van der Waals surface area contributed by atoms with Gasteiger partial charge in [-0.1, -0.05) is 62.3 Å². The molecule has 1 saturated heterocycles. The molecule has 11 atom stereocenters. The maximum atomic E-state index is 13.1. The van der Waals surface area contributed by atoms with Crippen molar-refractivity contribution >= 4 is 30.9 Å². The summed E-state index contributed by atoms with van der Waals surface area (Å²) in [5.74, 6) is 5.69. The number of Topliss-reactive ketones (excluding diaryl/α,β-unsaturated/α-hetero) is 1. The van der Waals surface area contributed by atoms with Crippen LogP contribution in [0.15, 0.2) is 11.1 Å². The molecule has 0 aromatic heterocycles. The normalized spacial score (nSPS) is 39.6. The summed E-state index contributed by atoms with van der Waals surface area (Å²) in [7, 11) is 3.80. The van der Waals surface area contributed by atoms with Gasteiger partial charge in [0.05, 0.1) is 11.0 Å². The molecule has 1 aliphatic heterocycles. The Labute approximate surface area is 348 Å². The number of hydrogen-bond acceptors (Lipinski definition) is 8. The Balaban J connectivity index is 0.000000282. The zero-order valence-electron chi connectivity index (χ0n) is 37.3. The molecule has 0 bridgehead atoms. The number of piperidine rings is 1. The van der Waals surface area contributed by atoms with Crippen LogP contribution in [-0.2, 0) is 24.0 Å². The molecule has 0 spiro atoms.